The summed E-state index contributed by atoms with van der Waals surface area (Å²) in [6, 6.07) is 13.8. The molecule has 0 saturated heterocycles. The van der Waals surface area contributed by atoms with Gasteiger partial charge in [0, 0.05) is 51.9 Å². The van der Waals surface area contributed by atoms with Crippen LogP contribution in [0.15, 0.2) is 52.3 Å². The van der Waals surface area contributed by atoms with Crippen LogP contribution in [0.4, 0.5) is 0 Å². The van der Waals surface area contributed by atoms with Crippen molar-refractivity contribution in [2.45, 2.75) is 23.6 Å². The first-order chi connectivity index (χ1) is 16.4. The van der Waals surface area contributed by atoms with Gasteiger partial charge in [0.05, 0.1) is 7.11 Å². The van der Waals surface area contributed by atoms with Crippen molar-refractivity contribution < 1.29 is 19.1 Å². The normalized spacial score (nSPS) is 16.9. The van der Waals surface area contributed by atoms with E-state index in [1.807, 2.05) is 56.3 Å². The highest BCUT2D eigenvalue weighted by Crippen LogP contribution is 2.51. The van der Waals surface area contributed by atoms with Gasteiger partial charge in [0.25, 0.3) is 0 Å². The van der Waals surface area contributed by atoms with Gasteiger partial charge in [-0.1, -0.05) is 24.3 Å². The van der Waals surface area contributed by atoms with Crippen molar-refractivity contribution in [1.82, 2.24) is 0 Å². The number of benzene rings is 2. The summed E-state index contributed by atoms with van der Waals surface area (Å²) < 4.78 is 5.97. The minimum Gasteiger partial charge on any atom is -0.465 e. The molecule has 34 heavy (non-hydrogen) atoms. The number of hydrogen-bond acceptors (Lipinski definition) is 8. The average Bonchev–Trinajstić information content (AvgIpc) is 3.53. The Morgan fingerprint density at radius 1 is 0.824 bits per heavy atom. The third-order valence-electron chi connectivity index (χ3n) is 5.92. The van der Waals surface area contributed by atoms with E-state index >= 15 is 0 Å². The lowest BCUT2D eigenvalue weighted by Crippen LogP contribution is -1.99. The SMILES string of the molecule is COC(=O)c1cc2c(-c3ccc4c(c3)SC(=O)/C4=C3/C(=O)Sc4cc(C)ccc43)sc(C)c2s1. The second-order valence-electron chi connectivity index (χ2n) is 8.07. The molecule has 0 unspecified atom stereocenters. The highest BCUT2D eigenvalue weighted by atomic mass is 32.2. The van der Waals surface area contributed by atoms with E-state index < -0.39 is 0 Å². The standard InChI is InChI=1S/C26H16O4S4/c1-11-4-6-14-17(8-11)33-25(28)20(14)21-15-7-5-13(9-18(15)34-26(21)29)23-16-10-19(24(27)30-3)32-22(16)12(2)31-23/h4-10H,1-3H3/b21-20+. The van der Waals surface area contributed by atoms with Crippen LogP contribution in [0, 0.1) is 13.8 Å². The van der Waals surface area contributed by atoms with E-state index in [0.717, 1.165) is 51.9 Å². The van der Waals surface area contributed by atoms with Crippen LogP contribution in [0.3, 0.4) is 0 Å². The minimum atomic E-state index is -0.336. The van der Waals surface area contributed by atoms with Crippen molar-refractivity contribution >= 4 is 83.6 Å². The molecule has 0 bridgehead atoms. The van der Waals surface area contributed by atoms with Crippen LogP contribution in [-0.2, 0) is 14.3 Å². The minimum absolute atomic E-state index is 0.0781. The maximum Gasteiger partial charge on any atom is 0.348 e. The van der Waals surface area contributed by atoms with E-state index in [4.69, 9.17) is 4.74 Å². The van der Waals surface area contributed by atoms with Crippen molar-refractivity contribution in [1.29, 1.82) is 0 Å². The molecule has 4 heterocycles. The van der Waals surface area contributed by atoms with Crippen molar-refractivity contribution in [2.24, 2.45) is 0 Å². The zero-order valence-electron chi connectivity index (χ0n) is 18.3. The van der Waals surface area contributed by atoms with Gasteiger partial charge in [-0.25, -0.2) is 4.79 Å². The fourth-order valence-electron chi connectivity index (χ4n) is 4.36. The average molecular weight is 521 g/mol. The molecule has 0 spiro atoms. The molecule has 0 N–H and O–H groups in total. The predicted octanol–water partition coefficient (Wildman–Crippen LogP) is 7.21. The molecule has 2 aromatic heterocycles. The number of methoxy groups -OCH3 is 1. The monoisotopic (exact) mass is 520 g/mol. The number of rotatable bonds is 2. The van der Waals surface area contributed by atoms with Crippen molar-refractivity contribution in [3.8, 4) is 10.4 Å². The Labute approximate surface area is 212 Å². The second kappa shape index (κ2) is 7.95. The summed E-state index contributed by atoms with van der Waals surface area (Å²) in [7, 11) is 1.39. The Morgan fingerprint density at radius 3 is 2.15 bits per heavy atom. The number of hydrogen-bond donors (Lipinski definition) is 0. The van der Waals surface area contributed by atoms with E-state index in [1.54, 1.807) is 11.3 Å². The number of aryl methyl sites for hydroxylation is 2. The van der Waals surface area contributed by atoms with Crippen LogP contribution in [0.25, 0.3) is 31.7 Å². The Kier molecular flexibility index (Phi) is 5.11. The molecule has 0 amide bonds. The summed E-state index contributed by atoms with van der Waals surface area (Å²) in [6.45, 7) is 4.04. The Hall–Kier alpha value is -2.65. The molecule has 4 aromatic rings. The lowest BCUT2D eigenvalue weighted by molar-refractivity contribution is -0.107. The molecule has 4 nitrogen and oxygen atoms in total. The molecule has 2 aromatic carbocycles. The lowest BCUT2D eigenvalue weighted by Gasteiger charge is -2.06. The molecule has 0 radical (unpaired) electrons. The van der Waals surface area contributed by atoms with Gasteiger partial charge in [0.2, 0.25) is 10.2 Å². The molecule has 8 heteroatoms. The number of fused-ring (bicyclic) bond motifs is 3. The van der Waals surface area contributed by atoms with Gasteiger partial charge in [0.15, 0.2) is 0 Å². The fourth-order valence-corrected chi connectivity index (χ4v) is 8.70. The Balaban J connectivity index is 1.48. The van der Waals surface area contributed by atoms with E-state index in [-0.39, 0.29) is 16.2 Å². The molecular formula is C26H16O4S4. The van der Waals surface area contributed by atoms with E-state index in [1.165, 1.54) is 42.0 Å². The molecular weight excluding hydrogens is 505 g/mol. The maximum atomic E-state index is 13.1. The molecule has 0 saturated carbocycles. The van der Waals surface area contributed by atoms with Gasteiger partial charge in [-0.2, -0.15) is 0 Å². The number of carbonyl (C=O) groups excluding carboxylic acids is 3. The third kappa shape index (κ3) is 3.24. The molecule has 0 fully saturated rings. The largest absolute Gasteiger partial charge is 0.465 e. The number of esters is 1. The zero-order valence-corrected chi connectivity index (χ0v) is 21.6. The molecule has 6 rings (SSSR count). The fraction of sp³-hybridized carbons (Fsp3) is 0.115. The van der Waals surface area contributed by atoms with Crippen LogP contribution >= 0.6 is 46.2 Å². The molecule has 168 valence electrons. The van der Waals surface area contributed by atoms with Gasteiger partial charge in [-0.15, -0.1) is 22.7 Å². The van der Waals surface area contributed by atoms with Crippen molar-refractivity contribution in [2.75, 3.05) is 7.11 Å². The van der Waals surface area contributed by atoms with Crippen LogP contribution in [-0.4, -0.2) is 23.3 Å². The van der Waals surface area contributed by atoms with Crippen LogP contribution in [0.2, 0.25) is 0 Å². The van der Waals surface area contributed by atoms with E-state index in [9.17, 15) is 14.4 Å². The quantitative estimate of drug-likeness (QED) is 0.206. The summed E-state index contributed by atoms with van der Waals surface area (Å²) in [4.78, 5) is 42.6. The van der Waals surface area contributed by atoms with Crippen LogP contribution < -0.4 is 0 Å². The molecule has 0 atom stereocenters. The molecule has 0 aliphatic carbocycles. The van der Waals surface area contributed by atoms with Crippen molar-refractivity contribution in [3.05, 3.63) is 68.9 Å². The van der Waals surface area contributed by atoms with Gasteiger partial charge < -0.3 is 4.74 Å². The third-order valence-corrected chi connectivity index (χ3v) is 10.3. The first-order valence-corrected chi connectivity index (χ1v) is 13.7. The van der Waals surface area contributed by atoms with Gasteiger partial charge in [0.1, 0.15) is 4.88 Å². The first-order valence-electron chi connectivity index (χ1n) is 10.4. The summed E-state index contributed by atoms with van der Waals surface area (Å²) in [5.41, 5.74) is 4.74. The topological polar surface area (TPSA) is 60.4 Å². The van der Waals surface area contributed by atoms with Crippen LogP contribution in [0.1, 0.15) is 31.2 Å². The summed E-state index contributed by atoms with van der Waals surface area (Å²) in [5, 5.41) is 0.846. The van der Waals surface area contributed by atoms with Gasteiger partial charge in [-0.3, -0.25) is 9.59 Å². The van der Waals surface area contributed by atoms with Crippen molar-refractivity contribution in [3.63, 3.8) is 0 Å². The first kappa shape index (κ1) is 21.9. The Morgan fingerprint density at radius 2 is 1.47 bits per heavy atom. The number of ether oxygens (including phenoxy) is 1. The highest BCUT2D eigenvalue weighted by molar-refractivity contribution is 8.16. The van der Waals surface area contributed by atoms with Gasteiger partial charge in [-0.05, 0) is 66.7 Å². The smallest absolute Gasteiger partial charge is 0.348 e. The van der Waals surface area contributed by atoms with E-state index in [2.05, 4.69) is 0 Å². The second-order valence-corrected chi connectivity index (χ2v) is 12.4. The van der Waals surface area contributed by atoms with Crippen LogP contribution in [0.5, 0.6) is 0 Å². The predicted molar refractivity (Wildman–Crippen MR) is 141 cm³/mol. The summed E-state index contributed by atoms with van der Waals surface area (Å²) in [6.07, 6.45) is 0. The Bertz CT molecular complexity index is 1620. The summed E-state index contributed by atoms with van der Waals surface area (Å²) >= 11 is 5.48. The lowest BCUT2D eigenvalue weighted by atomic mass is 9.95. The van der Waals surface area contributed by atoms with E-state index in [0.29, 0.717) is 16.0 Å². The maximum absolute atomic E-state index is 13.1. The number of carbonyl (C=O) groups is 3. The zero-order chi connectivity index (χ0) is 23.7. The molecule has 2 aliphatic rings. The summed E-state index contributed by atoms with van der Waals surface area (Å²) in [5.74, 6) is -0.336. The number of thioether (sulfide) groups is 2. The highest BCUT2D eigenvalue weighted by Gasteiger charge is 2.36. The van der Waals surface area contributed by atoms with Gasteiger partial charge >= 0.3 is 5.97 Å². The number of thiophene rings is 2. The molecule has 2 aliphatic heterocycles.